The molecule has 0 amide bonds. The van der Waals surface area contributed by atoms with Crippen molar-refractivity contribution in [1.29, 1.82) is 0 Å². The Labute approximate surface area is 130 Å². The van der Waals surface area contributed by atoms with Gasteiger partial charge >= 0.3 is 0 Å². The third-order valence-corrected chi connectivity index (χ3v) is 6.79. The van der Waals surface area contributed by atoms with E-state index in [9.17, 15) is 13.5 Å². The predicted octanol–water partition coefficient (Wildman–Crippen LogP) is 2.63. The quantitative estimate of drug-likeness (QED) is 0.867. The van der Waals surface area contributed by atoms with E-state index in [2.05, 4.69) is 13.8 Å². The average molecular weight is 317 g/mol. The minimum Gasteiger partial charge on any atom is -0.390 e. The summed E-state index contributed by atoms with van der Waals surface area (Å²) in [4.78, 5) is 0. The van der Waals surface area contributed by atoms with Crippen LogP contribution in [0, 0.1) is 17.8 Å². The minimum absolute atomic E-state index is 0.314. The molecule has 1 atom stereocenters. The number of nitrogens with zero attached hydrogens (tertiary/aromatic N) is 1. The van der Waals surface area contributed by atoms with E-state index in [1.54, 1.807) is 4.31 Å². The topological polar surface area (TPSA) is 57.6 Å². The maximum atomic E-state index is 11.7. The van der Waals surface area contributed by atoms with E-state index < -0.39 is 15.6 Å². The maximum Gasteiger partial charge on any atom is 0.211 e. The minimum atomic E-state index is -3.09. The lowest BCUT2D eigenvalue weighted by atomic mass is 9.71. The largest absolute Gasteiger partial charge is 0.390 e. The predicted molar refractivity (Wildman–Crippen MR) is 85.5 cm³/mol. The van der Waals surface area contributed by atoms with Crippen molar-refractivity contribution < 1.29 is 13.5 Å². The Morgan fingerprint density at radius 3 is 2.38 bits per heavy atom. The summed E-state index contributed by atoms with van der Waals surface area (Å²) in [7, 11) is -3.09. The Morgan fingerprint density at radius 1 is 1.24 bits per heavy atom. The van der Waals surface area contributed by atoms with Crippen molar-refractivity contribution in [2.45, 2.75) is 64.4 Å². The Balaban J connectivity index is 1.89. The lowest BCUT2D eigenvalue weighted by Gasteiger charge is -2.41. The lowest BCUT2D eigenvalue weighted by molar-refractivity contribution is -0.0388. The standard InChI is InChI=1S/C16H31NO3S/c1-13(2)15-6-8-16(18,9-7-15)11-14-5-4-10-17(12-14)21(3,19)20/h13-15,18H,4-12H2,1-3H3. The van der Waals surface area contributed by atoms with Gasteiger partial charge in [-0.1, -0.05) is 13.8 Å². The van der Waals surface area contributed by atoms with Crippen LogP contribution >= 0.6 is 0 Å². The molecule has 2 aliphatic rings. The van der Waals surface area contributed by atoms with E-state index in [0.717, 1.165) is 50.9 Å². The molecule has 0 radical (unpaired) electrons. The van der Waals surface area contributed by atoms with E-state index in [4.69, 9.17) is 0 Å². The highest BCUT2D eigenvalue weighted by atomic mass is 32.2. The molecule has 1 saturated heterocycles. The van der Waals surface area contributed by atoms with E-state index >= 15 is 0 Å². The molecule has 124 valence electrons. The molecule has 0 aromatic rings. The Kier molecular flexibility index (Phi) is 5.37. The van der Waals surface area contributed by atoms with Crippen LogP contribution in [0.4, 0.5) is 0 Å². The number of piperidine rings is 1. The van der Waals surface area contributed by atoms with Gasteiger partial charge in [-0.15, -0.1) is 0 Å². The molecule has 1 unspecified atom stereocenters. The van der Waals surface area contributed by atoms with Crippen LogP contribution in [0.3, 0.4) is 0 Å². The molecule has 1 aliphatic carbocycles. The van der Waals surface area contributed by atoms with E-state index in [0.29, 0.717) is 24.9 Å². The van der Waals surface area contributed by atoms with Gasteiger partial charge in [0.2, 0.25) is 10.0 Å². The van der Waals surface area contributed by atoms with Crippen molar-refractivity contribution in [3.05, 3.63) is 0 Å². The molecule has 2 rings (SSSR count). The Hall–Kier alpha value is -0.130. The highest BCUT2D eigenvalue weighted by Crippen LogP contribution is 2.40. The van der Waals surface area contributed by atoms with Crippen LogP contribution in [0.5, 0.6) is 0 Å². The van der Waals surface area contributed by atoms with Gasteiger partial charge in [0.05, 0.1) is 11.9 Å². The zero-order valence-corrected chi connectivity index (χ0v) is 14.5. The molecule has 4 nitrogen and oxygen atoms in total. The molecular weight excluding hydrogens is 286 g/mol. The summed E-state index contributed by atoms with van der Waals surface area (Å²) in [6, 6.07) is 0. The highest BCUT2D eigenvalue weighted by Gasteiger charge is 2.37. The van der Waals surface area contributed by atoms with Gasteiger partial charge in [0.25, 0.3) is 0 Å². The molecule has 0 aromatic carbocycles. The van der Waals surface area contributed by atoms with Crippen molar-refractivity contribution in [3.63, 3.8) is 0 Å². The zero-order valence-electron chi connectivity index (χ0n) is 13.7. The highest BCUT2D eigenvalue weighted by molar-refractivity contribution is 7.88. The van der Waals surface area contributed by atoms with E-state index in [-0.39, 0.29) is 0 Å². The van der Waals surface area contributed by atoms with Gasteiger partial charge in [-0.25, -0.2) is 12.7 Å². The molecule has 1 aliphatic heterocycles. The van der Waals surface area contributed by atoms with Crippen molar-refractivity contribution in [2.75, 3.05) is 19.3 Å². The number of hydrogen-bond acceptors (Lipinski definition) is 3. The maximum absolute atomic E-state index is 11.7. The molecule has 1 N–H and O–H groups in total. The smallest absolute Gasteiger partial charge is 0.211 e. The van der Waals surface area contributed by atoms with Crippen LogP contribution in [-0.4, -0.2) is 42.8 Å². The van der Waals surface area contributed by atoms with Gasteiger partial charge in [-0.05, 0) is 62.7 Å². The second-order valence-electron chi connectivity index (χ2n) is 7.64. The first-order chi connectivity index (χ1) is 9.70. The fraction of sp³-hybridized carbons (Fsp3) is 1.00. The monoisotopic (exact) mass is 317 g/mol. The zero-order chi connectivity index (χ0) is 15.7. The number of sulfonamides is 1. The van der Waals surface area contributed by atoms with Crippen LogP contribution < -0.4 is 0 Å². The average Bonchev–Trinajstić information content (AvgIpc) is 2.38. The summed E-state index contributed by atoms with van der Waals surface area (Å²) in [6.45, 7) is 5.76. The summed E-state index contributed by atoms with van der Waals surface area (Å²) in [6.07, 6.45) is 8.00. The van der Waals surface area contributed by atoms with Crippen molar-refractivity contribution in [3.8, 4) is 0 Å². The molecule has 1 heterocycles. The third-order valence-electron chi connectivity index (χ3n) is 5.52. The van der Waals surface area contributed by atoms with Crippen LogP contribution in [0.15, 0.2) is 0 Å². The van der Waals surface area contributed by atoms with E-state index in [1.807, 2.05) is 0 Å². The van der Waals surface area contributed by atoms with Gasteiger partial charge in [0.1, 0.15) is 0 Å². The fourth-order valence-corrected chi connectivity index (χ4v) is 5.02. The molecule has 2 fully saturated rings. The molecule has 1 saturated carbocycles. The van der Waals surface area contributed by atoms with Gasteiger partial charge in [-0.3, -0.25) is 0 Å². The first-order valence-electron chi connectivity index (χ1n) is 8.37. The summed E-state index contributed by atoms with van der Waals surface area (Å²) in [5, 5.41) is 10.8. The second kappa shape index (κ2) is 6.55. The summed E-state index contributed by atoms with van der Waals surface area (Å²) in [5.74, 6) is 1.75. The lowest BCUT2D eigenvalue weighted by Crippen LogP contribution is -2.43. The van der Waals surface area contributed by atoms with Crippen LogP contribution in [0.1, 0.15) is 58.8 Å². The van der Waals surface area contributed by atoms with Crippen molar-refractivity contribution in [2.24, 2.45) is 17.8 Å². The van der Waals surface area contributed by atoms with Gasteiger partial charge < -0.3 is 5.11 Å². The number of hydrogen-bond donors (Lipinski definition) is 1. The normalized spacial score (nSPS) is 36.0. The summed E-state index contributed by atoms with van der Waals surface area (Å²) < 4.78 is 25.0. The van der Waals surface area contributed by atoms with Crippen molar-refractivity contribution in [1.82, 2.24) is 4.31 Å². The fourth-order valence-electron chi connectivity index (χ4n) is 4.08. The first-order valence-corrected chi connectivity index (χ1v) is 10.2. The first kappa shape index (κ1) is 17.2. The van der Waals surface area contributed by atoms with Crippen LogP contribution in [-0.2, 0) is 10.0 Å². The molecule has 21 heavy (non-hydrogen) atoms. The Morgan fingerprint density at radius 2 is 1.86 bits per heavy atom. The van der Waals surface area contributed by atoms with Crippen LogP contribution in [0.25, 0.3) is 0 Å². The van der Waals surface area contributed by atoms with Gasteiger partial charge in [-0.2, -0.15) is 0 Å². The second-order valence-corrected chi connectivity index (χ2v) is 9.62. The third kappa shape index (κ3) is 4.67. The molecule has 5 heteroatoms. The molecule has 0 spiro atoms. The number of aliphatic hydroxyl groups is 1. The van der Waals surface area contributed by atoms with Gasteiger partial charge in [0.15, 0.2) is 0 Å². The molecule has 0 bridgehead atoms. The Bertz CT molecular complexity index is 438. The van der Waals surface area contributed by atoms with E-state index in [1.165, 1.54) is 6.26 Å². The van der Waals surface area contributed by atoms with Crippen LogP contribution in [0.2, 0.25) is 0 Å². The SMILES string of the molecule is CC(C)C1CCC(O)(CC2CCCN(S(C)(=O)=O)C2)CC1. The molecule has 0 aromatic heterocycles. The number of rotatable bonds is 4. The summed E-state index contributed by atoms with van der Waals surface area (Å²) >= 11 is 0. The van der Waals surface area contributed by atoms with Gasteiger partial charge in [0, 0.05) is 13.1 Å². The molecular formula is C16H31NO3S. The summed E-state index contributed by atoms with van der Waals surface area (Å²) in [5.41, 5.74) is -0.559. The van der Waals surface area contributed by atoms with Crippen molar-refractivity contribution >= 4 is 10.0 Å².